The standard InChI is InChI=1S/C40H41N3O/c1-25-19-33(37(44)34(20-25)40(6,7)8)36-26(2)43-18-12-15-32(38(43)42-36)29-21-30(23-31(22-29)39(3,4)5)35-17-16-28(24-41-35)27-13-10-9-11-14-27/h9-24,44H,1-8H3. The highest BCUT2D eigenvalue weighted by molar-refractivity contribution is 5.85. The summed E-state index contributed by atoms with van der Waals surface area (Å²) < 4.78 is 2.14. The van der Waals surface area contributed by atoms with Crippen molar-refractivity contribution in [3.05, 3.63) is 120 Å². The summed E-state index contributed by atoms with van der Waals surface area (Å²) in [5.41, 5.74) is 12.8. The molecule has 4 nitrogen and oxygen atoms in total. The predicted octanol–water partition coefficient (Wildman–Crippen LogP) is 10.3. The molecule has 1 N–H and O–H groups in total. The van der Waals surface area contributed by atoms with E-state index in [0.717, 1.165) is 67.2 Å². The highest BCUT2D eigenvalue weighted by atomic mass is 16.3. The molecule has 222 valence electrons. The SMILES string of the molecule is Cc1cc(-c2nc3c(-c4cc(-c5ccc(-c6ccccc6)cn5)cc(C(C)(C)C)c4)cccn3c2C)c(O)c(C(C)(C)C)c1. The van der Waals surface area contributed by atoms with Crippen LogP contribution in [-0.2, 0) is 10.8 Å². The number of aromatic nitrogens is 3. The summed E-state index contributed by atoms with van der Waals surface area (Å²) in [6.45, 7) is 17.3. The maximum absolute atomic E-state index is 11.5. The van der Waals surface area contributed by atoms with Crippen LogP contribution in [0.4, 0.5) is 0 Å². The van der Waals surface area contributed by atoms with E-state index in [1.807, 2.05) is 18.3 Å². The average Bonchev–Trinajstić information content (AvgIpc) is 3.33. The maximum atomic E-state index is 11.5. The lowest BCUT2D eigenvalue weighted by Gasteiger charge is -2.22. The van der Waals surface area contributed by atoms with E-state index in [2.05, 4.69) is 139 Å². The van der Waals surface area contributed by atoms with Gasteiger partial charge in [-0.15, -0.1) is 0 Å². The molecule has 6 rings (SSSR count). The lowest BCUT2D eigenvalue weighted by atomic mass is 9.83. The molecule has 0 aliphatic heterocycles. The zero-order valence-corrected chi connectivity index (χ0v) is 27.0. The summed E-state index contributed by atoms with van der Waals surface area (Å²) in [5.74, 6) is 0.304. The number of nitrogens with zero attached hydrogens (tertiary/aromatic N) is 3. The van der Waals surface area contributed by atoms with Gasteiger partial charge in [0, 0.05) is 45.9 Å². The van der Waals surface area contributed by atoms with Crippen LogP contribution < -0.4 is 0 Å². The monoisotopic (exact) mass is 579 g/mol. The van der Waals surface area contributed by atoms with E-state index in [1.165, 1.54) is 5.56 Å². The number of pyridine rings is 2. The van der Waals surface area contributed by atoms with Gasteiger partial charge in [0.05, 0.1) is 11.4 Å². The van der Waals surface area contributed by atoms with Crippen LogP contribution in [0.5, 0.6) is 5.75 Å². The summed E-state index contributed by atoms with van der Waals surface area (Å²) in [6.07, 6.45) is 4.01. The van der Waals surface area contributed by atoms with Crippen molar-refractivity contribution in [1.29, 1.82) is 0 Å². The summed E-state index contributed by atoms with van der Waals surface area (Å²) in [5, 5.41) is 11.5. The second kappa shape index (κ2) is 10.8. The van der Waals surface area contributed by atoms with Crippen molar-refractivity contribution < 1.29 is 5.11 Å². The molecule has 0 spiro atoms. The van der Waals surface area contributed by atoms with Gasteiger partial charge >= 0.3 is 0 Å². The number of aryl methyl sites for hydroxylation is 2. The number of phenolic OH excluding ortho intramolecular Hbond substituents is 1. The molecule has 6 aromatic rings. The number of hydrogen-bond donors (Lipinski definition) is 1. The van der Waals surface area contributed by atoms with Crippen molar-refractivity contribution in [2.45, 2.75) is 66.2 Å². The average molecular weight is 580 g/mol. The van der Waals surface area contributed by atoms with E-state index in [-0.39, 0.29) is 10.8 Å². The van der Waals surface area contributed by atoms with Crippen molar-refractivity contribution in [3.63, 3.8) is 0 Å². The van der Waals surface area contributed by atoms with Crippen molar-refractivity contribution >= 4 is 5.65 Å². The Hall–Kier alpha value is -4.70. The number of rotatable bonds is 4. The van der Waals surface area contributed by atoms with Gasteiger partial charge < -0.3 is 9.51 Å². The fourth-order valence-corrected chi connectivity index (χ4v) is 5.93. The van der Waals surface area contributed by atoms with Crippen LogP contribution in [0.1, 0.15) is 63.9 Å². The smallest absolute Gasteiger partial charge is 0.145 e. The Kier molecular flexibility index (Phi) is 7.20. The molecule has 0 atom stereocenters. The number of imidazole rings is 1. The second-order valence-electron chi connectivity index (χ2n) is 14.0. The van der Waals surface area contributed by atoms with Gasteiger partial charge in [-0.25, -0.2) is 4.98 Å². The Morgan fingerprint density at radius 2 is 1.39 bits per heavy atom. The fourth-order valence-electron chi connectivity index (χ4n) is 5.93. The molecule has 0 amide bonds. The van der Waals surface area contributed by atoms with Gasteiger partial charge in [0.1, 0.15) is 11.4 Å². The Morgan fingerprint density at radius 3 is 2.05 bits per heavy atom. The molecule has 3 heterocycles. The third kappa shape index (κ3) is 5.41. The molecule has 0 aliphatic rings. The number of hydrogen-bond acceptors (Lipinski definition) is 3. The first kappa shape index (κ1) is 29.4. The number of aromatic hydroxyl groups is 1. The van der Waals surface area contributed by atoms with Gasteiger partial charge in [-0.2, -0.15) is 0 Å². The molecule has 3 aromatic carbocycles. The molecule has 44 heavy (non-hydrogen) atoms. The van der Waals surface area contributed by atoms with Gasteiger partial charge in [-0.05, 0) is 83.3 Å². The second-order valence-corrected chi connectivity index (χ2v) is 14.0. The van der Waals surface area contributed by atoms with Crippen molar-refractivity contribution in [2.75, 3.05) is 0 Å². The normalized spacial score (nSPS) is 12.2. The summed E-state index contributed by atoms with van der Waals surface area (Å²) in [4.78, 5) is 10.1. The first-order chi connectivity index (χ1) is 20.8. The minimum absolute atomic E-state index is 0.0625. The third-order valence-electron chi connectivity index (χ3n) is 8.48. The minimum Gasteiger partial charge on any atom is -0.507 e. The molecule has 3 aromatic heterocycles. The van der Waals surface area contributed by atoms with Crippen molar-refractivity contribution in [3.8, 4) is 50.5 Å². The van der Waals surface area contributed by atoms with Gasteiger partial charge in [0.2, 0.25) is 0 Å². The molecule has 0 fully saturated rings. The quantitative estimate of drug-likeness (QED) is 0.226. The van der Waals surface area contributed by atoms with Crippen LogP contribution in [-0.4, -0.2) is 19.5 Å². The van der Waals surface area contributed by atoms with Crippen LogP contribution in [0.2, 0.25) is 0 Å². The zero-order chi connectivity index (χ0) is 31.4. The van der Waals surface area contributed by atoms with E-state index in [0.29, 0.717) is 5.75 Å². The molecule has 0 saturated carbocycles. The molecule has 0 aliphatic carbocycles. The van der Waals surface area contributed by atoms with Crippen LogP contribution in [0, 0.1) is 13.8 Å². The van der Waals surface area contributed by atoms with E-state index >= 15 is 0 Å². The van der Waals surface area contributed by atoms with E-state index in [9.17, 15) is 5.11 Å². The molecule has 4 heteroatoms. The summed E-state index contributed by atoms with van der Waals surface area (Å²) in [6, 6.07) is 29.7. The van der Waals surface area contributed by atoms with Crippen molar-refractivity contribution in [2.24, 2.45) is 0 Å². The molecular weight excluding hydrogens is 538 g/mol. The molecule has 0 bridgehead atoms. The predicted molar refractivity (Wildman–Crippen MR) is 183 cm³/mol. The Labute approximate surface area is 261 Å². The summed E-state index contributed by atoms with van der Waals surface area (Å²) >= 11 is 0. The Balaban J connectivity index is 1.51. The largest absolute Gasteiger partial charge is 0.507 e. The lowest BCUT2D eigenvalue weighted by Crippen LogP contribution is -2.12. The van der Waals surface area contributed by atoms with E-state index in [1.54, 1.807) is 0 Å². The first-order valence-electron chi connectivity index (χ1n) is 15.3. The Bertz CT molecular complexity index is 1990. The van der Waals surface area contributed by atoms with Gasteiger partial charge in [0.15, 0.2) is 0 Å². The molecular formula is C40H41N3O. The van der Waals surface area contributed by atoms with E-state index in [4.69, 9.17) is 9.97 Å². The molecule has 0 radical (unpaired) electrons. The zero-order valence-electron chi connectivity index (χ0n) is 27.0. The minimum atomic E-state index is -0.194. The maximum Gasteiger partial charge on any atom is 0.145 e. The van der Waals surface area contributed by atoms with Gasteiger partial charge in [0.25, 0.3) is 0 Å². The third-order valence-corrected chi connectivity index (χ3v) is 8.48. The highest BCUT2D eigenvalue weighted by Crippen LogP contribution is 2.42. The van der Waals surface area contributed by atoms with Gasteiger partial charge in [-0.3, -0.25) is 4.98 Å². The van der Waals surface area contributed by atoms with Gasteiger partial charge in [-0.1, -0.05) is 90.1 Å². The molecule has 0 unspecified atom stereocenters. The topological polar surface area (TPSA) is 50.4 Å². The van der Waals surface area contributed by atoms with Crippen LogP contribution in [0.3, 0.4) is 0 Å². The number of benzene rings is 3. The van der Waals surface area contributed by atoms with Crippen molar-refractivity contribution in [1.82, 2.24) is 14.4 Å². The highest BCUT2D eigenvalue weighted by Gasteiger charge is 2.25. The fraction of sp³-hybridized carbons (Fsp3) is 0.250. The van der Waals surface area contributed by atoms with Crippen LogP contribution >= 0.6 is 0 Å². The van der Waals surface area contributed by atoms with E-state index < -0.39 is 0 Å². The number of phenols is 1. The molecule has 0 saturated heterocycles. The Morgan fingerprint density at radius 1 is 0.659 bits per heavy atom. The van der Waals surface area contributed by atoms with Crippen LogP contribution in [0.25, 0.3) is 50.4 Å². The van der Waals surface area contributed by atoms with Crippen LogP contribution in [0.15, 0.2) is 97.3 Å². The number of fused-ring (bicyclic) bond motifs is 1. The first-order valence-corrected chi connectivity index (χ1v) is 15.3. The lowest BCUT2D eigenvalue weighted by molar-refractivity contribution is 0.448. The summed E-state index contributed by atoms with van der Waals surface area (Å²) in [7, 11) is 0.